The Hall–Kier alpha value is -3.01. The molecule has 0 saturated carbocycles. The first-order valence-corrected chi connectivity index (χ1v) is 7.42. The van der Waals surface area contributed by atoms with E-state index in [1.807, 2.05) is 42.5 Å². The van der Waals surface area contributed by atoms with E-state index in [1.165, 1.54) is 0 Å². The van der Waals surface area contributed by atoms with Crippen LogP contribution in [0, 0.1) is 5.41 Å². The molecule has 0 aromatic heterocycles. The summed E-state index contributed by atoms with van der Waals surface area (Å²) in [4.78, 5) is 0. The van der Waals surface area contributed by atoms with Gasteiger partial charge in [-0.05, 0) is 23.6 Å². The largest absolute Gasteiger partial charge is 0.490 e. The number of fused-ring (bicyclic) bond motifs is 1. The highest BCUT2D eigenvalue weighted by Crippen LogP contribution is 2.25. The van der Waals surface area contributed by atoms with Gasteiger partial charge in [-0.2, -0.15) is 0 Å². The van der Waals surface area contributed by atoms with Crippen molar-refractivity contribution in [3.8, 4) is 11.5 Å². The van der Waals surface area contributed by atoms with E-state index < -0.39 is 0 Å². The van der Waals surface area contributed by atoms with Crippen LogP contribution in [0.5, 0.6) is 11.5 Å². The van der Waals surface area contributed by atoms with Gasteiger partial charge in [0.1, 0.15) is 30.5 Å². The van der Waals surface area contributed by atoms with Crippen molar-refractivity contribution in [3.63, 3.8) is 0 Å². The predicted octanol–water partition coefficient (Wildman–Crippen LogP) is 3.58. The zero-order valence-corrected chi connectivity index (χ0v) is 12.7. The molecule has 0 amide bonds. The Labute approximate surface area is 135 Å². The smallest absolute Gasteiger partial charge is 0.127 e. The number of amidine groups is 1. The van der Waals surface area contributed by atoms with E-state index in [0.717, 1.165) is 16.5 Å². The molecule has 0 aliphatic rings. The molecule has 4 heteroatoms. The molecule has 0 atom stereocenters. The van der Waals surface area contributed by atoms with Gasteiger partial charge < -0.3 is 15.2 Å². The van der Waals surface area contributed by atoms with Gasteiger partial charge in [-0.1, -0.05) is 48.5 Å². The van der Waals surface area contributed by atoms with Crippen molar-refractivity contribution >= 4 is 16.6 Å². The van der Waals surface area contributed by atoms with E-state index in [4.69, 9.17) is 20.6 Å². The summed E-state index contributed by atoms with van der Waals surface area (Å²) in [6.45, 7) is 0.864. The van der Waals surface area contributed by atoms with Crippen LogP contribution < -0.4 is 15.2 Å². The van der Waals surface area contributed by atoms with Crippen molar-refractivity contribution < 1.29 is 9.47 Å². The van der Waals surface area contributed by atoms with Crippen molar-refractivity contribution in [1.82, 2.24) is 0 Å². The molecule has 0 radical (unpaired) electrons. The third kappa shape index (κ3) is 3.61. The highest BCUT2D eigenvalue weighted by molar-refractivity contribution is 5.95. The fourth-order valence-electron chi connectivity index (χ4n) is 2.39. The summed E-state index contributed by atoms with van der Waals surface area (Å²) in [5.41, 5.74) is 6.12. The predicted molar refractivity (Wildman–Crippen MR) is 92.4 cm³/mol. The molecule has 3 aromatic carbocycles. The van der Waals surface area contributed by atoms with Crippen molar-refractivity contribution in [2.75, 3.05) is 13.2 Å². The molecule has 0 aliphatic heterocycles. The number of hydrogen-bond donors (Lipinski definition) is 2. The number of benzene rings is 3. The van der Waals surface area contributed by atoms with E-state index >= 15 is 0 Å². The van der Waals surface area contributed by atoms with Gasteiger partial charge in [0.15, 0.2) is 0 Å². The van der Waals surface area contributed by atoms with Crippen molar-refractivity contribution in [3.05, 3.63) is 72.3 Å². The Balaban J connectivity index is 1.59. The average Bonchev–Trinajstić information content (AvgIpc) is 2.59. The zero-order chi connectivity index (χ0) is 16.1. The molecule has 0 heterocycles. The highest BCUT2D eigenvalue weighted by atomic mass is 16.5. The van der Waals surface area contributed by atoms with Crippen LogP contribution in [-0.4, -0.2) is 19.0 Å². The lowest BCUT2D eigenvalue weighted by Crippen LogP contribution is -2.12. The monoisotopic (exact) mass is 306 g/mol. The minimum atomic E-state index is 0.0301. The summed E-state index contributed by atoms with van der Waals surface area (Å²) in [5.74, 6) is 1.56. The topological polar surface area (TPSA) is 68.3 Å². The second-order valence-corrected chi connectivity index (χ2v) is 5.12. The third-order valence-electron chi connectivity index (χ3n) is 3.50. The molecule has 3 aromatic rings. The molecule has 3 N–H and O–H groups in total. The van der Waals surface area contributed by atoms with Gasteiger partial charge in [0, 0.05) is 10.9 Å². The number of nitrogen functional groups attached to an aromatic ring is 1. The van der Waals surface area contributed by atoms with Crippen molar-refractivity contribution in [2.24, 2.45) is 5.73 Å². The minimum absolute atomic E-state index is 0.0301. The molecule has 0 saturated heterocycles. The van der Waals surface area contributed by atoms with Crippen LogP contribution >= 0.6 is 0 Å². The van der Waals surface area contributed by atoms with E-state index in [9.17, 15) is 0 Å². The third-order valence-corrected chi connectivity index (χ3v) is 3.50. The summed E-state index contributed by atoms with van der Waals surface area (Å²) in [6.07, 6.45) is 0. The Morgan fingerprint density at radius 2 is 1.61 bits per heavy atom. The summed E-state index contributed by atoms with van der Waals surface area (Å²) >= 11 is 0. The Morgan fingerprint density at radius 3 is 2.48 bits per heavy atom. The van der Waals surface area contributed by atoms with Crippen LogP contribution in [-0.2, 0) is 0 Å². The van der Waals surface area contributed by atoms with Crippen molar-refractivity contribution in [1.29, 1.82) is 5.41 Å². The molecule has 4 nitrogen and oxygen atoms in total. The first-order chi connectivity index (χ1) is 11.2. The normalized spacial score (nSPS) is 10.4. The fourth-order valence-corrected chi connectivity index (χ4v) is 2.39. The summed E-state index contributed by atoms with van der Waals surface area (Å²) in [5, 5.41) is 9.68. The lowest BCUT2D eigenvalue weighted by molar-refractivity contribution is 0.218. The Kier molecular flexibility index (Phi) is 4.43. The van der Waals surface area contributed by atoms with Gasteiger partial charge in [-0.3, -0.25) is 5.41 Å². The Bertz CT molecular complexity index is 825. The van der Waals surface area contributed by atoms with E-state index in [2.05, 4.69) is 12.1 Å². The number of nitrogens with one attached hydrogen (secondary N) is 1. The van der Waals surface area contributed by atoms with Gasteiger partial charge >= 0.3 is 0 Å². The molecule has 0 fully saturated rings. The van der Waals surface area contributed by atoms with Crippen LogP contribution in [0.3, 0.4) is 0 Å². The SMILES string of the molecule is N=C(N)c1cccc(OCCOc2cccc3ccccc23)c1. The molecule has 116 valence electrons. The van der Waals surface area contributed by atoms with Crippen LogP contribution in [0.4, 0.5) is 0 Å². The number of nitrogens with two attached hydrogens (primary N) is 1. The second kappa shape index (κ2) is 6.83. The minimum Gasteiger partial charge on any atom is -0.490 e. The van der Waals surface area contributed by atoms with Gasteiger partial charge in [-0.15, -0.1) is 0 Å². The van der Waals surface area contributed by atoms with Crippen LogP contribution in [0.15, 0.2) is 66.7 Å². The van der Waals surface area contributed by atoms with Crippen LogP contribution in [0.25, 0.3) is 10.8 Å². The first-order valence-electron chi connectivity index (χ1n) is 7.42. The van der Waals surface area contributed by atoms with E-state index in [0.29, 0.717) is 24.5 Å². The quantitative estimate of drug-likeness (QED) is 0.415. The second-order valence-electron chi connectivity index (χ2n) is 5.12. The fraction of sp³-hybridized carbons (Fsp3) is 0.105. The number of ether oxygens (including phenoxy) is 2. The average molecular weight is 306 g/mol. The Morgan fingerprint density at radius 1 is 0.870 bits per heavy atom. The summed E-state index contributed by atoms with van der Waals surface area (Å²) in [7, 11) is 0. The number of rotatable bonds is 6. The summed E-state index contributed by atoms with van der Waals surface area (Å²) in [6, 6.07) is 21.3. The van der Waals surface area contributed by atoms with E-state index in [1.54, 1.807) is 12.1 Å². The van der Waals surface area contributed by atoms with Gasteiger partial charge in [0.25, 0.3) is 0 Å². The molecule has 0 bridgehead atoms. The molecule has 0 unspecified atom stereocenters. The van der Waals surface area contributed by atoms with E-state index in [-0.39, 0.29) is 5.84 Å². The molecular formula is C19H18N2O2. The van der Waals surface area contributed by atoms with Crippen LogP contribution in [0.2, 0.25) is 0 Å². The molecule has 3 rings (SSSR count). The maximum atomic E-state index is 7.43. The number of hydrogen-bond acceptors (Lipinski definition) is 3. The van der Waals surface area contributed by atoms with Crippen LogP contribution in [0.1, 0.15) is 5.56 Å². The zero-order valence-electron chi connectivity index (χ0n) is 12.7. The van der Waals surface area contributed by atoms with Gasteiger partial charge in [-0.25, -0.2) is 0 Å². The first kappa shape index (κ1) is 14.9. The molecule has 0 spiro atoms. The lowest BCUT2D eigenvalue weighted by Gasteiger charge is -2.11. The van der Waals surface area contributed by atoms with Gasteiger partial charge in [0.2, 0.25) is 0 Å². The molecule has 23 heavy (non-hydrogen) atoms. The maximum absolute atomic E-state index is 7.43. The maximum Gasteiger partial charge on any atom is 0.127 e. The summed E-state index contributed by atoms with van der Waals surface area (Å²) < 4.78 is 11.5. The standard InChI is InChI=1S/C19H18N2O2/c20-19(21)15-7-3-8-16(13-15)22-11-12-23-18-10-4-6-14-5-1-2-9-17(14)18/h1-10,13H,11-12H2,(H3,20,21). The lowest BCUT2D eigenvalue weighted by atomic mass is 10.1. The highest BCUT2D eigenvalue weighted by Gasteiger charge is 2.02. The molecule has 0 aliphatic carbocycles. The molecular weight excluding hydrogens is 288 g/mol. The van der Waals surface area contributed by atoms with Crippen molar-refractivity contribution in [2.45, 2.75) is 0 Å². The van der Waals surface area contributed by atoms with Gasteiger partial charge in [0.05, 0.1) is 0 Å².